The Labute approximate surface area is 104 Å². The molecule has 0 saturated carbocycles. The average Bonchev–Trinajstić information content (AvgIpc) is 2.30. The Morgan fingerprint density at radius 2 is 2.00 bits per heavy atom. The molecule has 0 radical (unpaired) electrons. The number of carbonyl (C=O) groups is 1. The van der Waals surface area contributed by atoms with Gasteiger partial charge in [-0.3, -0.25) is 4.79 Å². The zero-order valence-electron chi connectivity index (χ0n) is 9.77. The fourth-order valence-corrected chi connectivity index (χ4v) is 1.70. The molecule has 0 unspecified atom stereocenters. The van der Waals surface area contributed by atoms with E-state index in [1.165, 1.54) is 17.9 Å². The quantitative estimate of drug-likeness (QED) is 0.763. The highest BCUT2D eigenvalue weighted by Gasteiger charge is 2.19. The van der Waals surface area contributed by atoms with Gasteiger partial charge in [0.05, 0.1) is 5.56 Å². The molecule has 0 heterocycles. The summed E-state index contributed by atoms with van der Waals surface area (Å²) < 4.78 is 26.6. The lowest BCUT2D eigenvalue weighted by atomic mass is 10.1. The molecule has 2 nitrogen and oxygen atoms in total. The first-order chi connectivity index (χ1) is 8.01. The SMILES string of the molecule is CCN(CCCl)C(=O)c1cc(C)c(F)cc1F. The van der Waals surface area contributed by atoms with E-state index in [2.05, 4.69) is 0 Å². The van der Waals surface area contributed by atoms with Crippen LogP contribution in [-0.4, -0.2) is 29.8 Å². The summed E-state index contributed by atoms with van der Waals surface area (Å²) in [5.41, 5.74) is 0.132. The maximum absolute atomic E-state index is 13.5. The van der Waals surface area contributed by atoms with Gasteiger partial charge in [-0.2, -0.15) is 0 Å². The zero-order valence-corrected chi connectivity index (χ0v) is 10.5. The summed E-state index contributed by atoms with van der Waals surface area (Å²) in [6, 6.07) is 1.96. The van der Waals surface area contributed by atoms with Crippen LogP contribution in [0.25, 0.3) is 0 Å². The van der Waals surface area contributed by atoms with Crippen LogP contribution in [0.5, 0.6) is 0 Å². The van der Waals surface area contributed by atoms with Crippen molar-refractivity contribution < 1.29 is 13.6 Å². The molecule has 1 rings (SSSR count). The lowest BCUT2D eigenvalue weighted by Gasteiger charge is -2.20. The van der Waals surface area contributed by atoms with Gasteiger partial charge >= 0.3 is 0 Å². The van der Waals surface area contributed by atoms with Crippen LogP contribution in [0.15, 0.2) is 12.1 Å². The van der Waals surface area contributed by atoms with Crippen LogP contribution >= 0.6 is 11.6 Å². The summed E-state index contributed by atoms with van der Waals surface area (Å²) in [6.45, 7) is 4.04. The maximum Gasteiger partial charge on any atom is 0.256 e. The summed E-state index contributed by atoms with van der Waals surface area (Å²) in [5, 5.41) is 0. The molecule has 0 spiro atoms. The summed E-state index contributed by atoms with van der Waals surface area (Å²) in [5.74, 6) is -1.68. The van der Waals surface area contributed by atoms with Crippen molar-refractivity contribution in [3.05, 3.63) is 34.9 Å². The van der Waals surface area contributed by atoms with Crippen LogP contribution < -0.4 is 0 Å². The van der Waals surface area contributed by atoms with Crippen LogP contribution in [0.1, 0.15) is 22.8 Å². The van der Waals surface area contributed by atoms with Gasteiger partial charge in [0.2, 0.25) is 0 Å². The first-order valence-corrected chi connectivity index (χ1v) is 5.85. The third kappa shape index (κ3) is 3.16. The Bertz CT molecular complexity index is 423. The normalized spacial score (nSPS) is 10.4. The zero-order chi connectivity index (χ0) is 13.0. The first kappa shape index (κ1) is 13.9. The van der Waals surface area contributed by atoms with E-state index in [1.807, 2.05) is 0 Å². The molecule has 0 aliphatic rings. The van der Waals surface area contributed by atoms with E-state index in [-0.39, 0.29) is 17.0 Å². The molecule has 0 N–H and O–H groups in total. The van der Waals surface area contributed by atoms with E-state index in [4.69, 9.17) is 11.6 Å². The standard InChI is InChI=1S/C12H14ClF2NO/c1-3-16(5-4-13)12(17)9-6-8(2)10(14)7-11(9)15/h6-7H,3-5H2,1-2H3. The van der Waals surface area contributed by atoms with Crippen molar-refractivity contribution in [2.75, 3.05) is 19.0 Å². The molecule has 0 fully saturated rings. The van der Waals surface area contributed by atoms with Crippen molar-refractivity contribution >= 4 is 17.5 Å². The molecule has 1 aromatic rings. The molecule has 0 aliphatic heterocycles. The van der Waals surface area contributed by atoms with Crippen LogP contribution in [0, 0.1) is 18.6 Å². The summed E-state index contributed by atoms with van der Waals surface area (Å²) in [7, 11) is 0. The molecule has 1 amide bonds. The topological polar surface area (TPSA) is 20.3 Å². The smallest absolute Gasteiger partial charge is 0.256 e. The third-order valence-corrected chi connectivity index (χ3v) is 2.67. The molecule has 17 heavy (non-hydrogen) atoms. The van der Waals surface area contributed by atoms with Crippen molar-refractivity contribution in [1.82, 2.24) is 4.90 Å². The molecule has 0 bridgehead atoms. The highest BCUT2D eigenvalue weighted by Crippen LogP contribution is 2.16. The molecule has 94 valence electrons. The number of alkyl halides is 1. The van der Waals surface area contributed by atoms with E-state index in [0.29, 0.717) is 13.1 Å². The Kier molecular flexibility index (Phi) is 4.87. The van der Waals surface area contributed by atoms with Gasteiger partial charge < -0.3 is 4.90 Å². The van der Waals surface area contributed by atoms with Gasteiger partial charge in [-0.05, 0) is 25.5 Å². The van der Waals surface area contributed by atoms with E-state index in [0.717, 1.165) is 6.07 Å². The Hall–Kier alpha value is -1.16. The number of nitrogens with zero attached hydrogens (tertiary/aromatic N) is 1. The minimum absolute atomic E-state index is 0.115. The lowest BCUT2D eigenvalue weighted by molar-refractivity contribution is 0.0769. The Morgan fingerprint density at radius 1 is 1.35 bits per heavy atom. The number of amides is 1. The van der Waals surface area contributed by atoms with Gasteiger partial charge in [0.1, 0.15) is 11.6 Å². The van der Waals surface area contributed by atoms with Crippen molar-refractivity contribution in [1.29, 1.82) is 0 Å². The van der Waals surface area contributed by atoms with Crippen molar-refractivity contribution in [3.8, 4) is 0 Å². The number of carbonyl (C=O) groups excluding carboxylic acids is 1. The highest BCUT2D eigenvalue weighted by molar-refractivity contribution is 6.18. The second kappa shape index (κ2) is 5.96. The predicted octanol–water partition coefficient (Wildman–Crippen LogP) is 2.97. The van der Waals surface area contributed by atoms with Crippen LogP contribution in [-0.2, 0) is 0 Å². The maximum atomic E-state index is 13.5. The number of halogens is 3. The van der Waals surface area contributed by atoms with E-state index in [9.17, 15) is 13.6 Å². The Morgan fingerprint density at radius 3 is 2.53 bits per heavy atom. The average molecular weight is 262 g/mol. The predicted molar refractivity (Wildman–Crippen MR) is 63.4 cm³/mol. The fourth-order valence-electron chi connectivity index (χ4n) is 1.50. The van der Waals surface area contributed by atoms with Crippen molar-refractivity contribution in [2.45, 2.75) is 13.8 Å². The number of benzene rings is 1. The largest absolute Gasteiger partial charge is 0.338 e. The van der Waals surface area contributed by atoms with Crippen LogP contribution in [0.3, 0.4) is 0 Å². The highest BCUT2D eigenvalue weighted by atomic mass is 35.5. The van der Waals surface area contributed by atoms with Crippen molar-refractivity contribution in [3.63, 3.8) is 0 Å². The van der Waals surface area contributed by atoms with Crippen LogP contribution in [0.4, 0.5) is 8.78 Å². The number of rotatable bonds is 4. The second-order valence-electron chi connectivity index (χ2n) is 3.66. The molecule has 0 aliphatic carbocycles. The number of hydrogen-bond acceptors (Lipinski definition) is 1. The molecule has 1 aromatic carbocycles. The first-order valence-electron chi connectivity index (χ1n) is 5.32. The van der Waals surface area contributed by atoms with Crippen molar-refractivity contribution in [2.24, 2.45) is 0 Å². The van der Waals surface area contributed by atoms with Gasteiger partial charge in [0.25, 0.3) is 5.91 Å². The minimum atomic E-state index is -0.842. The molecular formula is C12H14ClF2NO. The number of aryl methyl sites for hydroxylation is 1. The number of hydrogen-bond donors (Lipinski definition) is 0. The molecule has 5 heteroatoms. The van der Waals surface area contributed by atoms with E-state index >= 15 is 0 Å². The van der Waals surface area contributed by atoms with E-state index in [1.54, 1.807) is 6.92 Å². The molecule has 0 aromatic heterocycles. The summed E-state index contributed by atoms with van der Waals surface area (Å²) >= 11 is 5.56. The second-order valence-corrected chi connectivity index (χ2v) is 4.03. The van der Waals surface area contributed by atoms with Gasteiger partial charge in [-0.25, -0.2) is 8.78 Å². The summed E-state index contributed by atoms with van der Waals surface area (Å²) in [4.78, 5) is 13.4. The Balaban J connectivity index is 3.07. The molecule has 0 atom stereocenters. The molecular weight excluding hydrogens is 248 g/mol. The monoisotopic (exact) mass is 261 g/mol. The minimum Gasteiger partial charge on any atom is -0.338 e. The fraction of sp³-hybridized carbons (Fsp3) is 0.417. The molecule has 0 saturated heterocycles. The third-order valence-electron chi connectivity index (χ3n) is 2.50. The van der Waals surface area contributed by atoms with Gasteiger partial charge in [-0.15, -0.1) is 11.6 Å². The van der Waals surface area contributed by atoms with E-state index < -0.39 is 17.5 Å². The van der Waals surface area contributed by atoms with Gasteiger partial charge in [-0.1, -0.05) is 0 Å². The lowest BCUT2D eigenvalue weighted by Crippen LogP contribution is -2.33. The summed E-state index contributed by atoms with van der Waals surface area (Å²) in [6.07, 6.45) is 0. The van der Waals surface area contributed by atoms with Gasteiger partial charge in [0.15, 0.2) is 0 Å². The van der Waals surface area contributed by atoms with Gasteiger partial charge in [0, 0.05) is 25.0 Å². The van der Waals surface area contributed by atoms with Crippen LogP contribution in [0.2, 0.25) is 0 Å².